The van der Waals surface area contributed by atoms with E-state index in [2.05, 4.69) is 20.9 Å². The van der Waals surface area contributed by atoms with Crippen LogP contribution in [-0.2, 0) is 4.74 Å². The van der Waals surface area contributed by atoms with Crippen LogP contribution in [0.3, 0.4) is 0 Å². The molecule has 0 amide bonds. The minimum Gasteiger partial charge on any atom is -0.485 e. The van der Waals surface area contributed by atoms with E-state index in [4.69, 9.17) is 14.2 Å². The quantitative estimate of drug-likeness (QED) is 0.534. The Morgan fingerprint density at radius 1 is 0.900 bits per heavy atom. The molecule has 0 bridgehead atoms. The molecule has 172 valence electrons. The van der Waals surface area contributed by atoms with Crippen molar-refractivity contribution in [3.05, 3.63) is 10.8 Å². The van der Waals surface area contributed by atoms with E-state index in [9.17, 15) is 0 Å². The molecule has 0 radical (unpaired) electrons. The van der Waals surface area contributed by atoms with Crippen molar-refractivity contribution in [1.29, 1.82) is 0 Å². The number of unbranched alkanes of at least 4 members (excludes halogenated alkanes) is 2. The van der Waals surface area contributed by atoms with Crippen LogP contribution >= 0.6 is 11.3 Å². The van der Waals surface area contributed by atoms with Crippen molar-refractivity contribution in [2.75, 3.05) is 78.7 Å². The molecular formula is C22H40N4O3S. The monoisotopic (exact) mass is 440 g/mol. The van der Waals surface area contributed by atoms with Gasteiger partial charge < -0.3 is 35.1 Å². The van der Waals surface area contributed by atoms with Crippen LogP contribution in [0.25, 0.3) is 0 Å². The molecule has 1 aromatic rings. The molecule has 0 saturated carbocycles. The van der Waals surface area contributed by atoms with E-state index in [1.165, 1.54) is 38.8 Å². The van der Waals surface area contributed by atoms with Gasteiger partial charge in [0.2, 0.25) is 0 Å². The van der Waals surface area contributed by atoms with E-state index in [1.54, 1.807) is 11.3 Å². The van der Waals surface area contributed by atoms with Gasteiger partial charge in [0.05, 0.1) is 6.61 Å². The second kappa shape index (κ2) is 15.0. The first-order valence-corrected chi connectivity index (χ1v) is 12.6. The Hall–Kier alpha value is -0.900. The van der Waals surface area contributed by atoms with Gasteiger partial charge >= 0.3 is 0 Å². The Bertz CT molecular complexity index is 546. The number of hydrogen-bond acceptors (Lipinski definition) is 8. The molecule has 3 heterocycles. The minimum absolute atomic E-state index is 0.0137. The molecule has 2 aliphatic heterocycles. The van der Waals surface area contributed by atoms with E-state index in [0.717, 1.165) is 70.3 Å². The molecule has 0 aromatic carbocycles. The number of ether oxygens (including phenoxy) is 3. The predicted molar refractivity (Wildman–Crippen MR) is 123 cm³/mol. The van der Waals surface area contributed by atoms with Crippen molar-refractivity contribution in [1.82, 2.24) is 20.9 Å². The van der Waals surface area contributed by atoms with E-state index >= 15 is 0 Å². The topological polar surface area (TPSA) is 67.0 Å². The zero-order valence-corrected chi connectivity index (χ0v) is 19.1. The molecule has 1 saturated heterocycles. The fourth-order valence-electron chi connectivity index (χ4n) is 3.76. The molecule has 3 rings (SSSR count). The summed E-state index contributed by atoms with van der Waals surface area (Å²) in [6.07, 6.45) is 6.00. The Balaban J connectivity index is 1.21. The van der Waals surface area contributed by atoms with Crippen LogP contribution in [0.2, 0.25) is 0 Å². The molecule has 0 aliphatic carbocycles. The molecule has 3 N–H and O–H groups in total. The highest BCUT2D eigenvalue weighted by atomic mass is 32.1. The maximum absolute atomic E-state index is 5.89. The largest absolute Gasteiger partial charge is 0.485 e. The molecular weight excluding hydrogens is 400 g/mol. The third-order valence-electron chi connectivity index (χ3n) is 5.50. The highest BCUT2D eigenvalue weighted by Crippen LogP contribution is 2.35. The lowest BCUT2D eigenvalue weighted by atomic mass is 10.2. The molecule has 0 spiro atoms. The second-order valence-corrected chi connectivity index (χ2v) is 8.83. The van der Waals surface area contributed by atoms with Gasteiger partial charge in [-0.25, -0.2) is 0 Å². The summed E-state index contributed by atoms with van der Waals surface area (Å²) < 4.78 is 17.4. The Morgan fingerprint density at radius 3 is 2.60 bits per heavy atom. The van der Waals surface area contributed by atoms with Crippen molar-refractivity contribution in [3.8, 4) is 11.5 Å². The summed E-state index contributed by atoms with van der Waals surface area (Å²) in [5.74, 6) is 1.73. The second-order valence-electron chi connectivity index (χ2n) is 8.09. The van der Waals surface area contributed by atoms with Gasteiger partial charge in [0.1, 0.15) is 6.61 Å². The zero-order valence-electron chi connectivity index (χ0n) is 18.3. The SMILES string of the molecule is c1scc2c1OCC(COCCCCCN1CCCNCCNCCCNCC1)O2. The van der Waals surface area contributed by atoms with E-state index in [-0.39, 0.29) is 6.10 Å². The first kappa shape index (κ1) is 23.8. The average Bonchev–Trinajstić information content (AvgIpc) is 3.23. The van der Waals surface area contributed by atoms with Gasteiger partial charge in [-0.2, -0.15) is 0 Å². The lowest BCUT2D eigenvalue weighted by Crippen LogP contribution is -2.37. The van der Waals surface area contributed by atoms with Gasteiger partial charge in [0.25, 0.3) is 0 Å². The van der Waals surface area contributed by atoms with Crippen LogP contribution in [-0.4, -0.2) is 89.7 Å². The van der Waals surface area contributed by atoms with Gasteiger partial charge in [0.15, 0.2) is 17.6 Å². The number of hydrogen-bond donors (Lipinski definition) is 3. The van der Waals surface area contributed by atoms with Gasteiger partial charge in [-0.3, -0.25) is 0 Å². The van der Waals surface area contributed by atoms with Gasteiger partial charge in [0, 0.05) is 43.5 Å². The van der Waals surface area contributed by atoms with Crippen LogP contribution in [0, 0.1) is 0 Å². The van der Waals surface area contributed by atoms with Crippen molar-refractivity contribution in [2.24, 2.45) is 0 Å². The lowest BCUT2D eigenvalue weighted by molar-refractivity contribution is 0.00834. The van der Waals surface area contributed by atoms with E-state index < -0.39 is 0 Å². The lowest BCUT2D eigenvalue weighted by Gasteiger charge is -2.24. The number of nitrogens with zero attached hydrogens (tertiary/aromatic N) is 1. The smallest absolute Gasteiger partial charge is 0.172 e. The highest BCUT2D eigenvalue weighted by molar-refractivity contribution is 7.08. The summed E-state index contributed by atoms with van der Waals surface area (Å²) in [6, 6.07) is 0. The highest BCUT2D eigenvalue weighted by Gasteiger charge is 2.21. The third-order valence-corrected chi connectivity index (χ3v) is 6.20. The minimum atomic E-state index is 0.0137. The molecule has 30 heavy (non-hydrogen) atoms. The van der Waals surface area contributed by atoms with Crippen LogP contribution in [0.5, 0.6) is 11.5 Å². The Labute approximate surface area is 185 Å². The summed E-state index contributed by atoms with van der Waals surface area (Å²) in [6.45, 7) is 12.1. The van der Waals surface area contributed by atoms with Gasteiger partial charge in [-0.05, 0) is 64.8 Å². The summed E-state index contributed by atoms with van der Waals surface area (Å²) in [4.78, 5) is 2.62. The fourth-order valence-corrected chi connectivity index (χ4v) is 4.44. The van der Waals surface area contributed by atoms with Crippen molar-refractivity contribution in [3.63, 3.8) is 0 Å². The number of rotatable bonds is 8. The summed E-state index contributed by atoms with van der Waals surface area (Å²) >= 11 is 1.61. The van der Waals surface area contributed by atoms with Crippen LogP contribution in [0.4, 0.5) is 0 Å². The van der Waals surface area contributed by atoms with E-state index in [1.807, 2.05) is 10.8 Å². The van der Waals surface area contributed by atoms with Crippen LogP contribution in [0.15, 0.2) is 10.8 Å². The Morgan fingerprint density at radius 2 is 1.70 bits per heavy atom. The van der Waals surface area contributed by atoms with E-state index in [0.29, 0.717) is 13.2 Å². The fraction of sp³-hybridized carbons (Fsp3) is 0.818. The number of nitrogens with one attached hydrogen (secondary N) is 3. The van der Waals surface area contributed by atoms with Crippen molar-refractivity contribution >= 4 is 11.3 Å². The van der Waals surface area contributed by atoms with Gasteiger partial charge in [-0.1, -0.05) is 0 Å². The first-order valence-electron chi connectivity index (χ1n) is 11.7. The maximum Gasteiger partial charge on any atom is 0.172 e. The molecule has 7 nitrogen and oxygen atoms in total. The summed E-state index contributed by atoms with van der Waals surface area (Å²) in [5, 5.41) is 14.6. The van der Waals surface area contributed by atoms with Crippen LogP contribution < -0.4 is 25.4 Å². The predicted octanol–water partition coefficient (Wildman–Crippen LogP) is 1.94. The molecule has 1 fully saturated rings. The van der Waals surface area contributed by atoms with Gasteiger partial charge in [-0.15, -0.1) is 11.3 Å². The Kier molecular flexibility index (Phi) is 11.9. The number of fused-ring (bicyclic) bond motifs is 1. The molecule has 1 unspecified atom stereocenters. The van der Waals surface area contributed by atoms with Crippen molar-refractivity contribution in [2.45, 2.75) is 38.2 Å². The first-order chi connectivity index (χ1) is 14.9. The van der Waals surface area contributed by atoms with Crippen LogP contribution in [0.1, 0.15) is 32.1 Å². The summed E-state index contributed by atoms with van der Waals surface area (Å²) in [5.41, 5.74) is 0. The number of thiophene rings is 1. The molecule has 1 aromatic heterocycles. The standard InChI is InChI=1S/C22H40N4O3S/c1(3-15-27-16-20-17-28-21-18-30-19-22(21)29-20)2-12-26-13-5-8-24-10-9-23-6-4-7-25-11-14-26/h18-20,23-25H,1-17H2. The molecule has 2 aliphatic rings. The molecule has 1 atom stereocenters. The third kappa shape index (κ3) is 9.49. The molecule has 8 heteroatoms. The summed E-state index contributed by atoms with van der Waals surface area (Å²) in [7, 11) is 0. The van der Waals surface area contributed by atoms with Crippen molar-refractivity contribution < 1.29 is 14.2 Å². The maximum atomic E-state index is 5.89. The zero-order chi connectivity index (χ0) is 20.7. The normalized spacial score (nSPS) is 22.5. The average molecular weight is 441 g/mol.